The Morgan fingerprint density at radius 2 is 1.89 bits per heavy atom. The van der Waals surface area contributed by atoms with Gasteiger partial charge in [0.15, 0.2) is 0 Å². The van der Waals surface area contributed by atoms with Crippen LogP contribution >= 0.6 is 11.6 Å². The average Bonchev–Trinajstić information content (AvgIpc) is 3.59. The van der Waals surface area contributed by atoms with Gasteiger partial charge in [0.25, 0.3) is 0 Å². The van der Waals surface area contributed by atoms with Gasteiger partial charge in [0.1, 0.15) is 22.9 Å². The van der Waals surface area contributed by atoms with E-state index in [4.69, 9.17) is 16.6 Å². The van der Waals surface area contributed by atoms with Crippen molar-refractivity contribution in [3.63, 3.8) is 0 Å². The number of rotatable bonds is 5. The van der Waals surface area contributed by atoms with Crippen LogP contribution in [0, 0.1) is 11.8 Å². The molecule has 0 radical (unpaired) electrons. The highest BCUT2D eigenvalue weighted by Gasteiger charge is 2.42. The van der Waals surface area contributed by atoms with Crippen LogP contribution < -0.4 is 14.5 Å². The van der Waals surface area contributed by atoms with Gasteiger partial charge < -0.3 is 14.8 Å². The molecule has 1 saturated carbocycles. The Balaban J connectivity index is 1.29. The molecular weight excluding hydrogens is 498 g/mol. The van der Waals surface area contributed by atoms with E-state index in [2.05, 4.69) is 50.2 Å². The number of anilines is 2. The molecule has 6 rings (SSSR count). The van der Waals surface area contributed by atoms with E-state index < -0.39 is 10.0 Å². The molecule has 0 bridgehead atoms. The van der Waals surface area contributed by atoms with Gasteiger partial charge in [-0.3, -0.25) is 0 Å². The quantitative estimate of drug-likeness (QED) is 0.487. The molecule has 192 valence electrons. The summed E-state index contributed by atoms with van der Waals surface area (Å²) in [4.78, 5) is 21.7. The number of nitrogens with zero attached hydrogens (tertiary/aromatic N) is 5. The Kier molecular flexibility index (Phi) is 5.88. The van der Waals surface area contributed by atoms with Crippen LogP contribution in [0.1, 0.15) is 44.9 Å². The van der Waals surface area contributed by atoms with E-state index >= 15 is 0 Å². The van der Waals surface area contributed by atoms with E-state index in [0.29, 0.717) is 11.7 Å². The predicted octanol–water partition coefficient (Wildman–Crippen LogP) is 3.50. The minimum atomic E-state index is -3.23. The molecule has 3 aromatic heterocycles. The summed E-state index contributed by atoms with van der Waals surface area (Å²) in [6.07, 6.45) is 5.91. The summed E-state index contributed by atoms with van der Waals surface area (Å²) in [5.41, 5.74) is 4.03. The Morgan fingerprint density at radius 3 is 2.61 bits per heavy atom. The van der Waals surface area contributed by atoms with Crippen molar-refractivity contribution >= 4 is 44.2 Å². The molecular formula is C25H32ClN7O2S. The summed E-state index contributed by atoms with van der Waals surface area (Å²) in [5.74, 6) is 1.26. The molecule has 1 aliphatic carbocycles. The molecule has 0 spiro atoms. The lowest BCUT2D eigenvalue weighted by Gasteiger charge is -2.44. The molecule has 0 unspecified atom stereocenters. The maximum absolute atomic E-state index is 12.6. The maximum Gasteiger partial charge on any atom is 0.214 e. The number of nitrogens with one attached hydrogen (secondary N) is 2. The predicted molar refractivity (Wildman–Crippen MR) is 142 cm³/mol. The fourth-order valence-electron chi connectivity index (χ4n) is 5.94. The lowest BCUT2D eigenvalue weighted by molar-refractivity contribution is 0.276. The van der Waals surface area contributed by atoms with E-state index in [9.17, 15) is 8.42 Å². The molecule has 2 fully saturated rings. The second-order valence-electron chi connectivity index (χ2n) is 10.8. The first-order valence-electron chi connectivity index (χ1n) is 12.7. The molecule has 2 N–H and O–H groups in total. The third kappa shape index (κ3) is 4.22. The van der Waals surface area contributed by atoms with Gasteiger partial charge in [0.05, 0.1) is 16.6 Å². The van der Waals surface area contributed by atoms with Crippen molar-refractivity contribution in [1.82, 2.24) is 24.7 Å². The summed E-state index contributed by atoms with van der Waals surface area (Å²) in [6.45, 7) is 8.62. The second kappa shape index (κ2) is 8.85. The Morgan fingerprint density at radius 1 is 1.14 bits per heavy atom. The van der Waals surface area contributed by atoms with Crippen LogP contribution in [0.3, 0.4) is 0 Å². The van der Waals surface area contributed by atoms with Crippen molar-refractivity contribution in [2.45, 2.75) is 63.9 Å². The summed E-state index contributed by atoms with van der Waals surface area (Å²) < 4.78 is 28.3. The number of piperidine rings is 1. The number of pyridine rings is 1. The first-order valence-corrected chi connectivity index (χ1v) is 14.6. The number of aromatic nitrogens is 4. The van der Waals surface area contributed by atoms with Gasteiger partial charge in [-0.2, -0.15) is 0 Å². The highest BCUT2D eigenvalue weighted by atomic mass is 35.5. The summed E-state index contributed by atoms with van der Waals surface area (Å²) in [7, 11) is -3.23. The van der Waals surface area contributed by atoms with Gasteiger partial charge in [0.2, 0.25) is 10.0 Å². The SMILES string of the molecule is C[C@@H]1CN(c2ncnc3c2CN(c2cc(Cl)nc4[nH]ccc24)[C@H](C)C3)C[C@H](C)[C@H]1NS(=O)(=O)C1CC1. The normalized spacial score (nSPS) is 26.9. The maximum atomic E-state index is 12.6. The topological polar surface area (TPSA) is 107 Å². The summed E-state index contributed by atoms with van der Waals surface area (Å²) in [6, 6.07) is 4.14. The zero-order valence-corrected chi connectivity index (χ0v) is 22.3. The van der Waals surface area contributed by atoms with Gasteiger partial charge in [-0.25, -0.2) is 28.1 Å². The molecule has 5 heterocycles. The lowest BCUT2D eigenvalue weighted by Crippen LogP contribution is -2.56. The van der Waals surface area contributed by atoms with E-state index in [1.807, 2.05) is 18.3 Å². The molecule has 4 atom stereocenters. The molecule has 36 heavy (non-hydrogen) atoms. The second-order valence-corrected chi connectivity index (χ2v) is 13.1. The van der Waals surface area contributed by atoms with Crippen LogP contribution in [0.15, 0.2) is 24.7 Å². The van der Waals surface area contributed by atoms with Gasteiger partial charge in [-0.1, -0.05) is 25.4 Å². The van der Waals surface area contributed by atoms with Crippen molar-refractivity contribution in [2.24, 2.45) is 11.8 Å². The number of hydrogen-bond donors (Lipinski definition) is 2. The minimum Gasteiger partial charge on any atom is -0.363 e. The minimum absolute atomic E-state index is 0.0677. The number of aromatic amines is 1. The first-order chi connectivity index (χ1) is 17.2. The highest BCUT2D eigenvalue weighted by Crippen LogP contribution is 2.38. The first kappa shape index (κ1) is 23.9. The van der Waals surface area contributed by atoms with Gasteiger partial charge in [-0.05, 0) is 43.7 Å². The number of H-pyrrole nitrogens is 1. The number of sulfonamides is 1. The Labute approximate surface area is 216 Å². The molecule has 3 aliphatic rings. The number of hydrogen-bond acceptors (Lipinski definition) is 7. The zero-order chi connectivity index (χ0) is 25.2. The molecule has 0 aromatic carbocycles. The van der Waals surface area contributed by atoms with Crippen LogP contribution in [0.2, 0.25) is 5.15 Å². The molecule has 9 nitrogen and oxygen atoms in total. The molecule has 11 heteroatoms. The van der Waals surface area contributed by atoms with Crippen LogP contribution in [-0.2, 0) is 23.0 Å². The third-order valence-electron chi connectivity index (χ3n) is 7.95. The van der Waals surface area contributed by atoms with E-state index in [1.54, 1.807) is 6.33 Å². The van der Waals surface area contributed by atoms with Crippen LogP contribution in [0.5, 0.6) is 0 Å². The van der Waals surface area contributed by atoms with Gasteiger partial charge in [-0.15, -0.1) is 0 Å². The van der Waals surface area contributed by atoms with E-state index in [1.165, 1.54) is 0 Å². The van der Waals surface area contributed by atoms with Crippen molar-refractivity contribution < 1.29 is 8.42 Å². The summed E-state index contributed by atoms with van der Waals surface area (Å²) in [5, 5.41) is 1.30. The van der Waals surface area contributed by atoms with Crippen molar-refractivity contribution in [2.75, 3.05) is 22.9 Å². The van der Waals surface area contributed by atoms with Crippen molar-refractivity contribution in [3.8, 4) is 0 Å². The number of halogens is 1. The third-order valence-corrected chi connectivity index (χ3v) is 10.1. The smallest absolute Gasteiger partial charge is 0.214 e. The van der Waals surface area contributed by atoms with Crippen molar-refractivity contribution in [3.05, 3.63) is 41.1 Å². The molecule has 1 saturated heterocycles. The summed E-state index contributed by atoms with van der Waals surface area (Å²) >= 11 is 6.38. The average molecular weight is 530 g/mol. The Hall–Kier alpha value is -2.43. The number of fused-ring (bicyclic) bond motifs is 2. The van der Waals surface area contributed by atoms with Gasteiger partial charge in [0, 0.05) is 55.3 Å². The lowest BCUT2D eigenvalue weighted by atomic mass is 9.86. The van der Waals surface area contributed by atoms with Crippen LogP contribution in [0.25, 0.3) is 11.0 Å². The monoisotopic (exact) mass is 529 g/mol. The largest absolute Gasteiger partial charge is 0.363 e. The fraction of sp³-hybridized carbons (Fsp3) is 0.560. The highest BCUT2D eigenvalue weighted by molar-refractivity contribution is 7.90. The zero-order valence-electron chi connectivity index (χ0n) is 20.8. The molecule has 3 aromatic rings. The standard InChI is InChI=1S/C25H32ClN7O2S/c1-14-10-32(11-15(2)23(14)31-36(34,35)17-4-5-17)25-19-12-33(16(3)8-20(19)28-13-29-25)21-9-22(26)30-24-18(21)6-7-27-24/h6-7,9,13-17,23,31H,4-5,8,10-12H2,1-3H3,(H,27,30)/t14-,15+,16-,23+/m1/s1. The fourth-order valence-corrected chi connectivity index (χ4v) is 7.92. The van der Waals surface area contributed by atoms with Crippen LogP contribution in [0.4, 0.5) is 11.5 Å². The van der Waals surface area contributed by atoms with E-state index in [0.717, 1.165) is 66.1 Å². The van der Waals surface area contributed by atoms with Gasteiger partial charge >= 0.3 is 0 Å². The van der Waals surface area contributed by atoms with E-state index in [-0.39, 0.29) is 29.2 Å². The van der Waals surface area contributed by atoms with Crippen molar-refractivity contribution in [1.29, 1.82) is 0 Å². The Bertz CT molecular complexity index is 1390. The molecule has 0 amide bonds. The molecule has 2 aliphatic heterocycles. The van der Waals surface area contributed by atoms with Crippen LogP contribution in [-0.4, -0.2) is 58.8 Å².